The lowest BCUT2D eigenvalue weighted by Crippen LogP contribution is -2.23. The number of nitrogens with one attached hydrogen (secondary N) is 1. The highest BCUT2D eigenvalue weighted by Gasteiger charge is 2.06. The second-order valence-electron chi connectivity index (χ2n) is 3.26. The van der Waals surface area contributed by atoms with Crippen LogP contribution in [-0.4, -0.2) is 21.1 Å². The zero-order valence-corrected chi connectivity index (χ0v) is 8.80. The summed E-state index contributed by atoms with van der Waals surface area (Å²) in [6.07, 6.45) is 2.79. The van der Waals surface area contributed by atoms with Gasteiger partial charge >= 0.3 is 0 Å². The number of carbonyl (C=O) groups is 1. The van der Waals surface area contributed by atoms with Crippen LogP contribution in [-0.2, 0) is 6.54 Å². The Bertz CT molecular complexity index is 518. The van der Waals surface area contributed by atoms with Crippen LogP contribution in [0.15, 0.2) is 36.7 Å². The van der Waals surface area contributed by atoms with Crippen LogP contribution in [0.5, 0.6) is 0 Å². The fourth-order valence-electron chi connectivity index (χ4n) is 1.24. The minimum atomic E-state index is -0.683. The van der Waals surface area contributed by atoms with Crippen LogP contribution < -0.4 is 5.32 Å². The van der Waals surface area contributed by atoms with E-state index in [9.17, 15) is 9.18 Å². The Balaban J connectivity index is 1.98. The molecule has 0 saturated heterocycles. The summed E-state index contributed by atoms with van der Waals surface area (Å²) in [5.74, 6) is -1.06. The van der Waals surface area contributed by atoms with E-state index in [2.05, 4.69) is 20.5 Å². The lowest BCUT2D eigenvalue weighted by molar-refractivity contribution is 0.0949. The molecular formula is C11H9FN4O. The van der Waals surface area contributed by atoms with E-state index < -0.39 is 5.95 Å². The zero-order valence-electron chi connectivity index (χ0n) is 8.80. The number of rotatable bonds is 3. The number of carbonyl (C=O) groups excluding carboxylic acids is 1. The van der Waals surface area contributed by atoms with E-state index in [1.165, 1.54) is 12.3 Å². The van der Waals surface area contributed by atoms with Gasteiger partial charge in [0.25, 0.3) is 5.91 Å². The van der Waals surface area contributed by atoms with E-state index in [0.29, 0.717) is 5.69 Å². The predicted molar refractivity (Wildman–Crippen MR) is 57.4 cm³/mol. The standard InChI is InChI=1S/C11H9FN4O/c12-10-6-8(3-5-13-10)11(17)14-7-9-2-1-4-15-16-9/h1-6H,7H2,(H,14,17). The maximum atomic E-state index is 12.8. The van der Waals surface area contributed by atoms with Crippen molar-refractivity contribution in [2.24, 2.45) is 0 Å². The minimum absolute atomic E-state index is 0.224. The van der Waals surface area contributed by atoms with E-state index in [4.69, 9.17) is 0 Å². The molecule has 5 nitrogen and oxygen atoms in total. The van der Waals surface area contributed by atoms with Crippen LogP contribution in [0, 0.1) is 5.95 Å². The summed E-state index contributed by atoms with van der Waals surface area (Å²) >= 11 is 0. The fourth-order valence-corrected chi connectivity index (χ4v) is 1.24. The minimum Gasteiger partial charge on any atom is -0.346 e. The summed E-state index contributed by atoms with van der Waals surface area (Å²) in [5.41, 5.74) is 0.858. The van der Waals surface area contributed by atoms with Gasteiger partial charge in [0.05, 0.1) is 12.2 Å². The molecule has 0 radical (unpaired) electrons. The normalized spacial score (nSPS) is 9.94. The van der Waals surface area contributed by atoms with Crippen molar-refractivity contribution >= 4 is 5.91 Å². The average Bonchev–Trinajstić information content (AvgIpc) is 2.37. The summed E-state index contributed by atoms with van der Waals surface area (Å²) in [4.78, 5) is 15.0. The summed E-state index contributed by atoms with van der Waals surface area (Å²) in [6, 6.07) is 5.97. The van der Waals surface area contributed by atoms with Crippen molar-refractivity contribution in [1.82, 2.24) is 20.5 Å². The summed E-state index contributed by atoms with van der Waals surface area (Å²) in [5, 5.41) is 10.1. The second kappa shape index (κ2) is 5.11. The van der Waals surface area contributed by atoms with Gasteiger partial charge in [-0.3, -0.25) is 4.79 Å². The smallest absolute Gasteiger partial charge is 0.251 e. The second-order valence-corrected chi connectivity index (χ2v) is 3.26. The van der Waals surface area contributed by atoms with Gasteiger partial charge in [-0.15, -0.1) is 0 Å². The Morgan fingerprint density at radius 1 is 1.35 bits per heavy atom. The van der Waals surface area contributed by atoms with Gasteiger partial charge in [0.15, 0.2) is 0 Å². The Labute approximate surface area is 96.7 Å². The van der Waals surface area contributed by atoms with Gasteiger partial charge in [-0.05, 0) is 18.2 Å². The topological polar surface area (TPSA) is 67.8 Å². The van der Waals surface area contributed by atoms with Crippen LogP contribution in [0.25, 0.3) is 0 Å². The van der Waals surface area contributed by atoms with Crippen molar-refractivity contribution in [1.29, 1.82) is 0 Å². The largest absolute Gasteiger partial charge is 0.346 e. The molecule has 0 atom stereocenters. The first-order valence-corrected chi connectivity index (χ1v) is 4.92. The van der Waals surface area contributed by atoms with E-state index in [0.717, 1.165) is 6.07 Å². The molecule has 2 aromatic heterocycles. The molecule has 86 valence electrons. The number of halogens is 1. The summed E-state index contributed by atoms with van der Waals surface area (Å²) in [7, 11) is 0. The van der Waals surface area contributed by atoms with Crippen molar-refractivity contribution in [2.45, 2.75) is 6.54 Å². The van der Waals surface area contributed by atoms with Gasteiger partial charge < -0.3 is 5.32 Å². The van der Waals surface area contributed by atoms with Crippen LogP contribution in [0.3, 0.4) is 0 Å². The Morgan fingerprint density at radius 3 is 2.94 bits per heavy atom. The molecule has 2 aromatic rings. The highest BCUT2D eigenvalue weighted by atomic mass is 19.1. The first-order valence-electron chi connectivity index (χ1n) is 4.92. The molecule has 0 aliphatic rings. The Morgan fingerprint density at radius 2 is 2.24 bits per heavy atom. The van der Waals surface area contributed by atoms with Gasteiger partial charge in [-0.25, -0.2) is 4.98 Å². The van der Waals surface area contributed by atoms with Crippen molar-refractivity contribution in [3.8, 4) is 0 Å². The molecule has 0 spiro atoms. The summed E-state index contributed by atoms with van der Waals surface area (Å²) < 4.78 is 12.8. The molecule has 0 aliphatic carbocycles. The molecule has 0 aliphatic heterocycles. The number of aromatic nitrogens is 3. The molecule has 17 heavy (non-hydrogen) atoms. The third kappa shape index (κ3) is 3.04. The van der Waals surface area contributed by atoms with Gasteiger partial charge in [0.2, 0.25) is 5.95 Å². The molecule has 0 unspecified atom stereocenters. The molecule has 0 fully saturated rings. The monoisotopic (exact) mass is 232 g/mol. The number of nitrogens with zero attached hydrogens (tertiary/aromatic N) is 3. The highest BCUT2D eigenvalue weighted by molar-refractivity contribution is 5.93. The maximum Gasteiger partial charge on any atom is 0.251 e. The Hall–Kier alpha value is -2.37. The number of hydrogen-bond donors (Lipinski definition) is 1. The molecular weight excluding hydrogens is 223 g/mol. The molecule has 0 aromatic carbocycles. The van der Waals surface area contributed by atoms with Crippen molar-refractivity contribution in [3.05, 3.63) is 53.9 Å². The quantitative estimate of drug-likeness (QED) is 0.800. The van der Waals surface area contributed by atoms with E-state index >= 15 is 0 Å². The average molecular weight is 232 g/mol. The molecule has 2 rings (SSSR count). The van der Waals surface area contributed by atoms with Gasteiger partial charge in [-0.2, -0.15) is 14.6 Å². The number of amides is 1. The van der Waals surface area contributed by atoms with Crippen LogP contribution >= 0.6 is 0 Å². The highest BCUT2D eigenvalue weighted by Crippen LogP contribution is 2.00. The Kier molecular flexibility index (Phi) is 3.34. The van der Waals surface area contributed by atoms with Crippen molar-refractivity contribution in [2.75, 3.05) is 0 Å². The van der Waals surface area contributed by atoms with Gasteiger partial charge in [-0.1, -0.05) is 0 Å². The predicted octanol–water partition coefficient (Wildman–Crippen LogP) is 0.941. The third-order valence-electron chi connectivity index (χ3n) is 2.05. The molecule has 0 saturated carbocycles. The molecule has 0 bridgehead atoms. The van der Waals surface area contributed by atoms with Crippen molar-refractivity contribution in [3.63, 3.8) is 0 Å². The lowest BCUT2D eigenvalue weighted by Gasteiger charge is -2.03. The van der Waals surface area contributed by atoms with Crippen LogP contribution in [0.4, 0.5) is 4.39 Å². The SMILES string of the molecule is O=C(NCc1cccnn1)c1ccnc(F)c1. The van der Waals surface area contributed by atoms with Crippen LogP contribution in [0.2, 0.25) is 0 Å². The van der Waals surface area contributed by atoms with E-state index in [1.807, 2.05) is 0 Å². The molecule has 6 heteroatoms. The van der Waals surface area contributed by atoms with Crippen molar-refractivity contribution < 1.29 is 9.18 Å². The molecule has 1 amide bonds. The lowest BCUT2D eigenvalue weighted by atomic mass is 10.2. The fraction of sp³-hybridized carbons (Fsp3) is 0.0909. The maximum absolute atomic E-state index is 12.8. The van der Waals surface area contributed by atoms with E-state index in [1.54, 1.807) is 18.3 Å². The van der Waals surface area contributed by atoms with Gasteiger partial charge in [0, 0.05) is 24.0 Å². The number of hydrogen-bond acceptors (Lipinski definition) is 4. The zero-order chi connectivity index (χ0) is 12.1. The number of pyridine rings is 1. The molecule has 2 heterocycles. The third-order valence-corrected chi connectivity index (χ3v) is 2.05. The van der Waals surface area contributed by atoms with Crippen LogP contribution in [0.1, 0.15) is 16.1 Å². The first-order chi connectivity index (χ1) is 8.25. The van der Waals surface area contributed by atoms with E-state index in [-0.39, 0.29) is 18.0 Å². The molecule has 1 N–H and O–H groups in total. The summed E-state index contributed by atoms with van der Waals surface area (Å²) in [6.45, 7) is 0.247. The van der Waals surface area contributed by atoms with Gasteiger partial charge in [0.1, 0.15) is 0 Å². The first kappa shape index (κ1) is 11.1.